The quantitative estimate of drug-likeness (QED) is 0.385. The van der Waals surface area contributed by atoms with Crippen molar-refractivity contribution in [1.29, 1.82) is 0 Å². The number of hydrogen-bond acceptors (Lipinski definition) is 8. The van der Waals surface area contributed by atoms with Crippen LogP contribution in [0.15, 0.2) is 65.8 Å². The lowest BCUT2D eigenvalue weighted by Crippen LogP contribution is -2.39. The summed E-state index contributed by atoms with van der Waals surface area (Å²) in [6.07, 6.45) is 7.19. The molecule has 1 unspecified atom stereocenters. The predicted molar refractivity (Wildman–Crippen MR) is 152 cm³/mol. The van der Waals surface area contributed by atoms with Crippen LogP contribution in [-0.4, -0.2) is 75.5 Å². The molecule has 1 fully saturated rings. The van der Waals surface area contributed by atoms with Crippen molar-refractivity contribution >= 4 is 34.3 Å². The van der Waals surface area contributed by atoms with E-state index >= 15 is 0 Å². The Bertz CT molecular complexity index is 1600. The highest BCUT2D eigenvalue weighted by Gasteiger charge is 2.17. The molecule has 4 heterocycles. The Balaban J connectivity index is 1.45. The van der Waals surface area contributed by atoms with Gasteiger partial charge in [0.25, 0.3) is 11.5 Å². The van der Waals surface area contributed by atoms with Gasteiger partial charge >= 0.3 is 0 Å². The molecule has 10 nitrogen and oxygen atoms in total. The number of aromatic nitrogens is 4. The summed E-state index contributed by atoms with van der Waals surface area (Å²) < 4.78 is 1.46. The molecule has 1 aliphatic rings. The van der Waals surface area contributed by atoms with E-state index in [-0.39, 0.29) is 11.1 Å². The summed E-state index contributed by atoms with van der Waals surface area (Å²) in [5, 5.41) is 7.45. The third-order valence-corrected chi connectivity index (χ3v) is 6.51. The van der Waals surface area contributed by atoms with E-state index in [1.54, 1.807) is 50.9 Å². The topological polar surface area (TPSA) is 108 Å². The Hall–Kier alpha value is -4.75. The van der Waals surface area contributed by atoms with E-state index in [0.29, 0.717) is 28.7 Å². The first kappa shape index (κ1) is 25.9. The minimum absolute atomic E-state index is 0.172. The van der Waals surface area contributed by atoms with E-state index < -0.39 is 5.91 Å². The average Bonchev–Trinajstić information content (AvgIpc) is 2.93. The van der Waals surface area contributed by atoms with E-state index in [9.17, 15) is 9.59 Å². The van der Waals surface area contributed by atoms with Gasteiger partial charge in [0.05, 0.1) is 11.3 Å². The highest BCUT2D eigenvalue weighted by molar-refractivity contribution is 5.94. The zero-order chi connectivity index (χ0) is 27.4. The molecule has 1 saturated heterocycles. The van der Waals surface area contributed by atoms with Crippen molar-refractivity contribution in [2.75, 3.05) is 44.9 Å². The molecule has 0 spiro atoms. The van der Waals surface area contributed by atoms with Crippen LogP contribution in [-0.2, 0) is 4.79 Å². The molecule has 1 atom stereocenters. The first-order chi connectivity index (χ1) is 18.9. The number of likely N-dealkylation sites (N-methyl/N-ethyl adjacent to an activating group) is 1. The van der Waals surface area contributed by atoms with Gasteiger partial charge in [-0.25, -0.2) is 4.98 Å². The van der Waals surface area contributed by atoms with Crippen molar-refractivity contribution in [1.82, 2.24) is 29.3 Å². The molecular formula is C29H30N8O2. The van der Waals surface area contributed by atoms with Crippen molar-refractivity contribution in [2.45, 2.75) is 18.9 Å². The standard InChI is InChI=1S/C29H30N8O2/c1-35(2)26(38)11-6-20-17-21-18-31-29(34-27(21)37(28(20)39)25-12-14-30-15-13-25)33-23-9-7-22(8-10-23)32-24-5-4-16-36(3)19-24/h7-10,12-15,17-18,24,32H,4-5,16,19H2,1-3H3,(H,31,33,34). The molecule has 10 heteroatoms. The van der Waals surface area contributed by atoms with Crippen LogP contribution in [0.4, 0.5) is 17.3 Å². The summed E-state index contributed by atoms with van der Waals surface area (Å²) in [5.41, 5.74) is 2.66. The molecule has 1 aliphatic heterocycles. The molecule has 4 aromatic rings. The monoisotopic (exact) mass is 522 g/mol. The normalized spacial score (nSPS) is 15.3. The maximum absolute atomic E-state index is 13.5. The number of amides is 1. The Morgan fingerprint density at radius 3 is 2.56 bits per heavy atom. The van der Waals surface area contributed by atoms with Crippen LogP contribution < -0.4 is 16.2 Å². The number of hydrogen-bond donors (Lipinski definition) is 2. The first-order valence-electron chi connectivity index (χ1n) is 12.8. The fourth-order valence-corrected chi connectivity index (χ4v) is 4.51. The number of carbonyl (C=O) groups is 1. The van der Waals surface area contributed by atoms with Gasteiger partial charge in [-0.3, -0.25) is 19.1 Å². The van der Waals surface area contributed by atoms with Gasteiger partial charge in [0.1, 0.15) is 0 Å². The number of benzene rings is 1. The second kappa shape index (κ2) is 11.3. The van der Waals surface area contributed by atoms with Gasteiger partial charge in [-0.2, -0.15) is 4.98 Å². The Morgan fingerprint density at radius 2 is 1.85 bits per heavy atom. The van der Waals surface area contributed by atoms with Crippen LogP contribution in [0.5, 0.6) is 0 Å². The summed E-state index contributed by atoms with van der Waals surface area (Å²) in [4.78, 5) is 42.4. The van der Waals surface area contributed by atoms with Gasteiger partial charge in [-0.1, -0.05) is 5.92 Å². The van der Waals surface area contributed by atoms with Gasteiger partial charge in [0.2, 0.25) is 5.95 Å². The largest absolute Gasteiger partial charge is 0.381 e. The maximum atomic E-state index is 13.5. The van der Waals surface area contributed by atoms with Crippen molar-refractivity contribution in [3.05, 3.63) is 77.0 Å². The smallest absolute Gasteiger partial charge is 0.298 e. The molecule has 5 rings (SSSR count). The number of nitrogens with zero attached hydrogens (tertiary/aromatic N) is 6. The Morgan fingerprint density at radius 1 is 1.10 bits per heavy atom. The third-order valence-electron chi connectivity index (χ3n) is 6.51. The van der Waals surface area contributed by atoms with Crippen LogP contribution in [0.2, 0.25) is 0 Å². The lowest BCUT2D eigenvalue weighted by atomic mass is 10.1. The molecule has 0 bridgehead atoms. The molecule has 0 saturated carbocycles. The van der Waals surface area contributed by atoms with E-state index in [2.05, 4.69) is 49.4 Å². The van der Waals surface area contributed by atoms with Crippen molar-refractivity contribution in [3.63, 3.8) is 0 Å². The number of piperidine rings is 1. The molecule has 0 aliphatic carbocycles. The van der Waals surface area contributed by atoms with Gasteiger partial charge < -0.3 is 20.4 Å². The van der Waals surface area contributed by atoms with Crippen molar-refractivity contribution in [3.8, 4) is 17.5 Å². The van der Waals surface area contributed by atoms with Crippen LogP contribution in [0.1, 0.15) is 18.4 Å². The Kier molecular flexibility index (Phi) is 7.52. The van der Waals surface area contributed by atoms with Gasteiger partial charge in [0.15, 0.2) is 5.65 Å². The molecule has 39 heavy (non-hydrogen) atoms. The van der Waals surface area contributed by atoms with E-state index in [1.165, 1.54) is 15.9 Å². The van der Waals surface area contributed by atoms with Gasteiger partial charge in [-0.15, -0.1) is 0 Å². The lowest BCUT2D eigenvalue weighted by Gasteiger charge is -2.30. The van der Waals surface area contributed by atoms with E-state index in [4.69, 9.17) is 0 Å². The summed E-state index contributed by atoms with van der Waals surface area (Å²) in [7, 11) is 5.36. The third kappa shape index (κ3) is 6.05. The van der Waals surface area contributed by atoms with Crippen molar-refractivity contribution in [2.24, 2.45) is 0 Å². The summed E-state index contributed by atoms with van der Waals surface area (Å²) in [6.45, 7) is 2.18. The zero-order valence-electron chi connectivity index (χ0n) is 22.2. The molecule has 1 aromatic carbocycles. The van der Waals surface area contributed by atoms with E-state index in [1.807, 2.05) is 24.3 Å². The number of nitrogens with one attached hydrogen (secondary N) is 2. The fraction of sp³-hybridized carbons (Fsp3) is 0.276. The van der Waals surface area contributed by atoms with E-state index in [0.717, 1.165) is 30.9 Å². The second-order valence-corrected chi connectivity index (χ2v) is 9.77. The van der Waals surface area contributed by atoms with Crippen LogP contribution in [0.25, 0.3) is 16.7 Å². The zero-order valence-corrected chi connectivity index (χ0v) is 22.2. The highest BCUT2D eigenvalue weighted by atomic mass is 16.2. The summed E-state index contributed by atoms with van der Waals surface area (Å²) in [6, 6.07) is 13.5. The molecule has 0 radical (unpaired) electrons. The van der Waals surface area contributed by atoms with Crippen LogP contribution in [0, 0.1) is 11.8 Å². The van der Waals surface area contributed by atoms with Gasteiger partial charge in [0, 0.05) is 68.0 Å². The molecule has 2 N–H and O–H groups in total. The van der Waals surface area contributed by atoms with Crippen molar-refractivity contribution < 1.29 is 4.79 Å². The number of anilines is 3. The summed E-state index contributed by atoms with van der Waals surface area (Å²) >= 11 is 0. The second-order valence-electron chi connectivity index (χ2n) is 9.77. The van der Waals surface area contributed by atoms with Gasteiger partial charge in [-0.05, 0) is 68.9 Å². The minimum Gasteiger partial charge on any atom is -0.381 e. The van der Waals surface area contributed by atoms with Crippen LogP contribution >= 0.6 is 0 Å². The molecule has 3 aromatic heterocycles. The number of likely N-dealkylation sites (tertiary alicyclic amines) is 1. The minimum atomic E-state index is -0.395. The highest BCUT2D eigenvalue weighted by Crippen LogP contribution is 2.22. The maximum Gasteiger partial charge on any atom is 0.298 e. The molecule has 1 amide bonds. The SMILES string of the molecule is CN1CCCC(Nc2ccc(Nc3ncc4cc(C#CC(=O)N(C)C)c(=O)n(-c5ccncc5)c4n3)cc2)C1. The first-order valence-corrected chi connectivity index (χ1v) is 12.8. The lowest BCUT2D eigenvalue weighted by molar-refractivity contribution is -0.122. The number of pyridine rings is 2. The average molecular weight is 523 g/mol. The van der Waals surface area contributed by atoms with Crippen LogP contribution in [0.3, 0.4) is 0 Å². The Labute approximate surface area is 226 Å². The predicted octanol–water partition coefficient (Wildman–Crippen LogP) is 2.87. The molecular weight excluding hydrogens is 492 g/mol. The summed E-state index contributed by atoms with van der Waals surface area (Å²) in [5.74, 6) is 5.18. The molecule has 198 valence electrons. The number of carbonyl (C=O) groups excluding carboxylic acids is 1. The number of fused-ring (bicyclic) bond motifs is 1. The fourth-order valence-electron chi connectivity index (χ4n) is 4.51. The number of rotatable bonds is 5.